The summed E-state index contributed by atoms with van der Waals surface area (Å²) in [5.41, 5.74) is -0.269. The monoisotopic (exact) mass is 224 g/mol. The molecule has 1 aliphatic heterocycles. The van der Waals surface area contributed by atoms with Crippen LogP contribution in [0.5, 0.6) is 0 Å². The molecule has 0 aromatic carbocycles. The SMILES string of the molecule is CC1(C(=O)NCc2nn[nH]n2)CCNCC1. The van der Waals surface area contributed by atoms with E-state index >= 15 is 0 Å². The van der Waals surface area contributed by atoms with E-state index in [1.54, 1.807) is 0 Å². The zero-order valence-corrected chi connectivity index (χ0v) is 9.29. The number of piperidine rings is 1. The van der Waals surface area contributed by atoms with E-state index in [-0.39, 0.29) is 11.3 Å². The van der Waals surface area contributed by atoms with Gasteiger partial charge < -0.3 is 10.6 Å². The minimum Gasteiger partial charge on any atom is -0.348 e. The van der Waals surface area contributed by atoms with Crippen LogP contribution in [0.4, 0.5) is 0 Å². The van der Waals surface area contributed by atoms with Crippen LogP contribution in [0.25, 0.3) is 0 Å². The van der Waals surface area contributed by atoms with E-state index in [0.717, 1.165) is 25.9 Å². The lowest BCUT2D eigenvalue weighted by Crippen LogP contribution is -2.45. The number of aromatic nitrogens is 4. The predicted molar refractivity (Wildman–Crippen MR) is 56.2 cm³/mol. The fourth-order valence-electron chi connectivity index (χ4n) is 1.84. The first-order valence-corrected chi connectivity index (χ1v) is 5.42. The quantitative estimate of drug-likeness (QED) is 0.625. The number of carbonyl (C=O) groups excluding carboxylic acids is 1. The van der Waals surface area contributed by atoms with Crippen molar-refractivity contribution < 1.29 is 4.79 Å². The molecule has 1 aliphatic rings. The van der Waals surface area contributed by atoms with E-state index in [4.69, 9.17) is 0 Å². The smallest absolute Gasteiger partial charge is 0.226 e. The Hall–Kier alpha value is -1.50. The van der Waals surface area contributed by atoms with Crippen molar-refractivity contribution in [1.82, 2.24) is 31.3 Å². The van der Waals surface area contributed by atoms with Crippen molar-refractivity contribution in [2.24, 2.45) is 5.41 Å². The van der Waals surface area contributed by atoms with Crippen LogP contribution in [0.2, 0.25) is 0 Å². The van der Waals surface area contributed by atoms with Crippen molar-refractivity contribution >= 4 is 5.91 Å². The maximum absolute atomic E-state index is 12.0. The third-order valence-electron chi connectivity index (χ3n) is 3.05. The van der Waals surface area contributed by atoms with Crippen LogP contribution in [0.15, 0.2) is 0 Å². The van der Waals surface area contributed by atoms with Crippen LogP contribution in [-0.4, -0.2) is 39.6 Å². The predicted octanol–water partition coefficient (Wildman–Crippen LogP) is -0.794. The normalized spacial score (nSPS) is 19.3. The summed E-state index contributed by atoms with van der Waals surface area (Å²) in [6, 6.07) is 0. The number of hydrogen-bond acceptors (Lipinski definition) is 5. The van der Waals surface area contributed by atoms with E-state index in [1.165, 1.54) is 0 Å². The van der Waals surface area contributed by atoms with Crippen LogP contribution in [0.1, 0.15) is 25.6 Å². The molecule has 0 unspecified atom stereocenters. The number of H-pyrrole nitrogens is 1. The van der Waals surface area contributed by atoms with Crippen LogP contribution in [-0.2, 0) is 11.3 Å². The molecular weight excluding hydrogens is 208 g/mol. The molecule has 2 heterocycles. The third kappa shape index (κ3) is 2.35. The third-order valence-corrected chi connectivity index (χ3v) is 3.05. The number of rotatable bonds is 3. The highest BCUT2D eigenvalue weighted by Gasteiger charge is 2.34. The number of nitrogens with one attached hydrogen (secondary N) is 3. The minimum atomic E-state index is -0.269. The molecule has 0 bridgehead atoms. The molecule has 1 aromatic rings. The lowest BCUT2D eigenvalue weighted by molar-refractivity contribution is -0.131. The zero-order valence-electron chi connectivity index (χ0n) is 9.29. The Morgan fingerprint density at radius 3 is 2.88 bits per heavy atom. The Morgan fingerprint density at radius 2 is 2.25 bits per heavy atom. The van der Waals surface area contributed by atoms with Gasteiger partial charge in [0.15, 0.2) is 5.82 Å². The van der Waals surface area contributed by atoms with Gasteiger partial charge in [-0.2, -0.15) is 5.21 Å². The first-order valence-electron chi connectivity index (χ1n) is 5.42. The van der Waals surface area contributed by atoms with Gasteiger partial charge in [-0.05, 0) is 25.9 Å². The lowest BCUT2D eigenvalue weighted by Gasteiger charge is -2.32. The molecule has 1 amide bonds. The molecule has 0 radical (unpaired) electrons. The van der Waals surface area contributed by atoms with Gasteiger partial charge in [-0.25, -0.2) is 0 Å². The van der Waals surface area contributed by atoms with Crippen LogP contribution in [0, 0.1) is 5.41 Å². The molecule has 16 heavy (non-hydrogen) atoms. The molecule has 1 saturated heterocycles. The number of tetrazole rings is 1. The fraction of sp³-hybridized carbons (Fsp3) is 0.778. The summed E-state index contributed by atoms with van der Waals surface area (Å²) >= 11 is 0. The molecule has 7 heteroatoms. The number of amides is 1. The Morgan fingerprint density at radius 1 is 1.50 bits per heavy atom. The standard InChI is InChI=1S/C9H16N6O/c1-9(2-4-10-5-3-9)8(16)11-6-7-12-14-15-13-7/h10H,2-6H2,1H3,(H,11,16)(H,12,13,14,15). The summed E-state index contributed by atoms with van der Waals surface area (Å²) < 4.78 is 0. The van der Waals surface area contributed by atoms with E-state index in [1.807, 2.05) is 6.92 Å². The van der Waals surface area contributed by atoms with E-state index in [0.29, 0.717) is 12.4 Å². The van der Waals surface area contributed by atoms with Crippen molar-refractivity contribution in [1.29, 1.82) is 0 Å². The average Bonchev–Trinajstić information content (AvgIpc) is 2.79. The first-order chi connectivity index (χ1) is 7.71. The number of nitrogens with zero attached hydrogens (tertiary/aromatic N) is 3. The van der Waals surface area contributed by atoms with Gasteiger partial charge in [-0.3, -0.25) is 4.79 Å². The first kappa shape index (κ1) is 11.0. The van der Waals surface area contributed by atoms with Gasteiger partial charge >= 0.3 is 0 Å². The Balaban J connectivity index is 1.87. The summed E-state index contributed by atoms with van der Waals surface area (Å²) in [7, 11) is 0. The number of carbonyl (C=O) groups is 1. The second-order valence-corrected chi connectivity index (χ2v) is 4.32. The highest BCUT2D eigenvalue weighted by Crippen LogP contribution is 2.27. The molecule has 0 atom stereocenters. The molecule has 0 saturated carbocycles. The maximum Gasteiger partial charge on any atom is 0.226 e. The van der Waals surface area contributed by atoms with Gasteiger partial charge in [-0.15, -0.1) is 10.2 Å². The number of aromatic amines is 1. The molecule has 1 fully saturated rings. The molecule has 7 nitrogen and oxygen atoms in total. The van der Waals surface area contributed by atoms with Crippen LogP contribution < -0.4 is 10.6 Å². The molecule has 88 valence electrons. The van der Waals surface area contributed by atoms with E-state index < -0.39 is 0 Å². The number of hydrogen-bond donors (Lipinski definition) is 3. The summed E-state index contributed by atoms with van der Waals surface area (Å²) in [5, 5.41) is 19.4. The lowest BCUT2D eigenvalue weighted by atomic mass is 9.80. The topological polar surface area (TPSA) is 95.6 Å². The van der Waals surface area contributed by atoms with Gasteiger partial charge in [0.25, 0.3) is 0 Å². The fourth-order valence-corrected chi connectivity index (χ4v) is 1.84. The molecule has 2 rings (SSSR count). The van der Waals surface area contributed by atoms with Crippen LogP contribution in [0.3, 0.4) is 0 Å². The minimum absolute atomic E-state index is 0.0683. The van der Waals surface area contributed by atoms with Crippen molar-refractivity contribution in [2.75, 3.05) is 13.1 Å². The second kappa shape index (κ2) is 4.56. The van der Waals surface area contributed by atoms with Gasteiger partial charge in [0.2, 0.25) is 5.91 Å². The second-order valence-electron chi connectivity index (χ2n) is 4.32. The summed E-state index contributed by atoms with van der Waals surface area (Å²) in [4.78, 5) is 12.0. The molecule has 3 N–H and O–H groups in total. The van der Waals surface area contributed by atoms with Crippen molar-refractivity contribution in [3.05, 3.63) is 5.82 Å². The van der Waals surface area contributed by atoms with E-state index in [9.17, 15) is 4.79 Å². The summed E-state index contributed by atoms with van der Waals surface area (Å²) in [6.07, 6.45) is 1.73. The largest absolute Gasteiger partial charge is 0.348 e. The molecule has 1 aromatic heterocycles. The van der Waals surface area contributed by atoms with Gasteiger partial charge in [-0.1, -0.05) is 12.1 Å². The zero-order chi connectivity index (χ0) is 11.4. The van der Waals surface area contributed by atoms with Crippen molar-refractivity contribution in [3.63, 3.8) is 0 Å². The molecular formula is C9H16N6O. The summed E-state index contributed by atoms with van der Waals surface area (Å²) in [5.74, 6) is 0.574. The summed E-state index contributed by atoms with van der Waals surface area (Å²) in [6.45, 7) is 4.12. The van der Waals surface area contributed by atoms with Gasteiger partial charge in [0.1, 0.15) is 0 Å². The Labute approximate surface area is 93.4 Å². The van der Waals surface area contributed by atoms with Gasteiger partial charge in [0, 0.05) is 5.41 Å². The molecule has 0 spiro atoms. The van der Waals surface area contributed by atoms with Crippen molar-refractivity contribution in [2.45, 2.75) is 26.3 Å². The average molecular weight is 224 g/mol. The Kier molecular flexibility index (Phi) is 3.14. The van der Waals surface area contributed by atoms with Crippen molar-refractivity contribution in [3.8, 4) is 0 Å². The van der Waals surface area contributed by atoms with Crippen LogP contribution >= 0.6 is 0 Å². The maximum atomic E-state index is 12.0. The molecule has 0 aliphatic carbocycles. The van der Waals surface area contributed by atoms with E-state index in [2.05, 4.69) is 31.3 Å². The Bertz CT molecular complexity index is 343. The highest BCUT2D eigenvalue weighted by atomic mass is 16.2. The highest BCUT2D eigenvalue weighted by molar-refractivity contribution is 5.82. The van der Waals surface area contributed by atoms with Gasteiger partial charge in [0.05, 0.1) is 6.54 Å².